The summed E-state index contributed by atoms with van der Waals surface area (Å²) in [6, 6.07) is 1.85. The number of carbonyl (C=O) groups is 1. The smallest absolute Gasteiger partial charge is 0.372 e. The average molecular weight is 305 g/mol. The highest BCUT2D eigenvalue weighted by molar-refractivity contribution is 5.94. The Hall–Kier alpha value is -1.63. The van der Waals surface area contributed by atoms with Crippen LogP contribution in [0.15, 0.2) is 18.2 Å². The van der Waals surface area contributed by atoms with E-state index in [0.29, 0.717) is 18.2 Å². The zero-order valence-electron chi connectivity index (χ0n) is 11.6. The Labute approximate surface area is 119 Å². The summed E-state index contributed by atoms with van der Waals surface area (Å²) in [5.74, 6) is -1.71. The SMILES string of the molecule is C[C@@H]1CN(C(=O)c2cc(C(F)(F)F)ccc2F)C[C@H](C)O1. The van der Waals surface area contributed by atoms with Gasteiger partial charge in [-0.1, -0.05) is 0 Å². The van der Waals surface area contributed by atoms with Crippen molar-refractivity contribution in [1.29, 1.82) is 0 Å². The summed E-state index contributed by atoms with van der Waals surface area (Å²) in [5, 5.41) is 0. The van der Waals surface area contributed by atoms with Crippen molar-refractivity contribution >= 4 is 5.91 Å². The lowest BCUT2D eigenvalue weighted by Crippen LogP contribution is -2.48. The van der Waals surface area contributed by atoms with Gasteiger partial charge in [0.1, 0.15) is 5.82 Å². The van der Waals surface area contributed by atoms with Gasteiger partial charge >= 0.3 is 6.18 Å². The summed E-state index contributed by atoms with van der Waals surface area (Å²) >= 11 is 0. The fourth-order valence-electron chi connectivity index (χ4n) is 2.38. The van der Waals surface area contributed by atoms with E-state index in [2.05, 4.69) is 0 Å². The van der Waals surface area contributed by atoms with Crippen LogP contribution in [0.3, 0.4) is 0 Å². The number of alkyl halides is 3. The number of carbonyl (C=O) groups excluding carboxylic acids is 1. The lowest BCUT2D eigenvalue weighted by Gasteiger charge is -2.35. The van der Waals surface area contributed by atoms with Gasteiger partial charge in [-0.2, -0.15) is 13.2 Å². The van der Waals surface area contributed by atoms with Crippen LogP contribution in [0.4, 0.5) is 17.6 Å². The number of hydrogen-bond donors (Lipinski definition) is 0. The molecule has 1 aromatic carbocycles. The first kappa shape index (κ1) is 15.8. The molecule has 1 aliphatic rings. The van der Waals surface area contributed by atoms with E-state index in [1.54, 1.807) is 13.8 Å². The Bertz CT molecular complexity index is 534. The highest BCUT2D eigenvalue weighted by Gasteiger charge is 2.33. The molecule has 1 saturated heterocycles. The summed E-state index contributed by atoms with van der Waals surface area (Å²) in [5.41, 5.74) is -1.60. The van der Waals surface area contributed by atoms with Crippen molar-refractivity contribution in [2.24, 2.45) is 0 Å². The summed E-state index contributed by atoms with van der Waals surface area (Å²) in [4.78, 5) is 13.6. The van der Waals surface area contributed by atoms with Crippen molar-refractivity contribution in [3.63, 3.8) is 0 Å². The van der Waals surface area contributed by atoms with Gasteiger partial charge in [0, 0.05) is 13.1 Å². The summed E-state index contributed by atoms with van der Waals surface area (Å²) in [6.45, 7) is 3.94. The van der Waals surface area contributed by atoms with Crippen molar-refractivity contribution in [2.75, 3.05) is 13.1 Å². The summed E-state index contributed by atoms with van der Waals surface area (Å²) in [7, 11) is 0. The standard InChI is InChI=1S/C14H15F4NO2/c1-8-6-19(7-9(2)21-8)13(20)11-5-10(14(16,17)18)3-4-12(11)15/h3-5,8-9H,6-7H2,1-2H3/t8-,9+. The molecule has 3 nitrogen and oxygen atoms in total. The third kappa shape index (κ3) is 3.53. The minimum Gasteiger partial charge on any atom is -0.372 e. The predicted octanol–water partition coefficient (Wildman–Crippen LogP) is 3.09. The van der Waals surface area contributed by atoms with Gasteiger partial charge in [-0.05, 0) is 32.0 Å². The molecule has 1 heterocycles. The van der Waals surface area contributed by atoms with E-state index in [4.69, 9.17) is 4.74 Å². The molecule has 0 N–H and O–H groups in total. The van der Waals surface area contributed by atoms with Gasteiger partial charge in [0.05, 0.1) is 23.3 Å². The normalized spacial score (nSPS) is 23.2. The zero-order chi connectivity index (χ0) is 15.8. The van der Waals surface area contributed by atoms with Crippen molar-refractivity contribution in [3.8, 4) is 0 Å². The Morgan fingerprint density at radius 3 is 2.33 bits per heavy atom. The summed E-state index contributed by atoms with van der Waals surface area (Å²) in [6.07, 6.45) is -5.10. The molecule has 0 unspecified atom stereocenters. The minimum absolute atomic E-state index is 0.221. The van der Waals surface area contributed by atoms with Crippen molar-refractivity contribution in [2.45, 2.75) is 32.2 Å². The number of rotatable bonds is 1. The Balaban J connectivity index is 2.30. The van der Waals surface area contributed by atoms with Crippen LogP contribution in [0.1, 0.15) is 29.8 Å². The highest BCUT2D eigenvalue weighted by Crippen LogP contribution is 2.30. The number of amides is 1. The maximum atomic E-state index is 13.7. The summed E-state index contributed by atoms with van der Waals surface area (Å²) < 4.78 is 57.1. The number of nitrogens with zero attached hydrogens (tertiary/aromatic N) is 1. The Morgan fingerprint density at radius 2 is 1.81 bits per heavy atom. The third-order valence-electron chi connectivity index (χ3n) is 3.23. The van der Waals surface area contributed by atoms with Gasteiger partial charge in [0.25, 0.3) is 5.91 Å². The number of ether oxygens (including phenoxy) is 1. The molecule has 0 bridgehead atoms. The average Bonchev–Trinajstić information content (AvgIpc) is 2.36. The molecule has 1 amide bonds. The molecule has 116 valence electrons. The van der Waals surface area contributed by atoms with Crippen LogP contribution in [-0.2, 0) is 10.9 Å². The second-order valence-corrected chi connectivity index (χ2v) is 5.16. The van der Waals surface area contributed by atoms with E-state index in [9.17, 15) is 22.4 Å². The van der Waals surface area contributed by atoms with Crippen molar-refractivity contribution < 1.29 is 27.1 Å². The predicted molar refractivity (Wildman–Crippen MR) is 67.3 cm³/mol. The molecule has 2 rings (SSSR count). The van der Waals surface area contributed by atoms with Crippen LogP contribution in [0.5, 0.6) is 0 Å². The largest absolute Gasteiger partial charge is 0.416 e. The maximum Gasteiger partial charge on any atom is 0.416 e. The Morgan fingerprint density at radius 1 is 1.24 bits per heavy atom. The zero-order valence-corrected chi connectivity index (χ0v) is 11.6. The second kappa shape index (κ2) is 5.63. The molecule has 0 aliphatic carbocycles. The topological polar surface area (TPSA) is 29.5 Å². The monoisotopic (exact) mass is 305 g/mol. The van der Waals surface area contributed by atoms with E-state index in [1.807, 2.05) is 0 Å². The van der Waals surface area contributed by atoms with Crippen molar-refractivity contribution in [1.82, 2.24) is 4.90 Å². The fourth-order valence-corrected chi connectivity index (χ4v) is 2.38. The van der Waals surface area contributed by atoms with Gasteiger partial charge in [-0.3, -0.25) is 4.79 Å². The van der Waals surface area contributed by atoms with E-state index in [1.165, 1.54) is 4.90 Å². The first-order valence-corrected chi connectivity index (χ1v) is 6.50. The van der Waals surface area contributed by atoms with E-state index >= 15 is 0 Å². The van der Waals surface area contributed by atoms with Gasteiger partial charge < -0.3 is 9.64 Å². The maximum absolute atomic E-state index is 13.7. The molecular formula is C14H15F4NO2. The molecule has 0 spiro atoms. The molecule has 0 radical (unpaired) electrons. The Kier molecular flexibility index (Phi) is 4.22. The first-order valence-electron chi connectivity index (χ1n) is 6.50. The van der Waals surface area contributed by atoms with E-state index < -0.39 is 29.0 Å². The molecular weight excluding hydrogens is 290 g/mol. The van der Waals surface area contributed by atoms with Gasteiger partial charge in [0.15, 0.2) is 0 Å². The van der Waals surface area contributed by atoms with Gasteiger partial charge in [-0.15, -0.1) is 0 Å². The van der Waals surface area contributed by atoms with Crippen molar-refractivity contribution in [3.05, 3.63) is 35.1 Å². The molecule has 1 aliphatic heterocycles. The van der Waals surface area contributed by atoms with Gasteiger partial charge in [0.2, 0.25) is 0 Å². The van der Waals surface area contributed by atoms with Crippen LogP contribution >= 0.6 is 0 Å². The second-order valence-electron chi connectivity index (χ2n) is 5.16. The van der Waals surface area contributed by atoms with Crippen LogP contribution in [0.2, 0.25) is 0 Å². The molecule has 7 heteroatoms. The lowest BCUT2D eigenvalue weighted by molar-refractivity contribution is -0.137. The molecule has 0 aromatic heterocycles. The first-order chi connectivity index (χ1) is 9.68. The van der Waals surface area contributed by atoms with Crippen LogP contribution < -0.4 is 0 Å². The number of benzene rings is 1. The molecule has 1 fully saturated rings. The quantitative estimate of drug-likeness (QED) is 0.746. The number of halogens is 4. The molecule has 0 saturated carbocycles. The fraction of sp³-hybridized carbons (Fsp3) is 0.500. The minimum atomic E-state index is -4.62. The number of hydrogen-bond acceptors (Lipinski definition) is 2. The highest BCUT2D eigenvalue weighted by atomic mass is 19.4. The van der Waals surface area contributed by atoms with E-state index in [0.717, 1.165) is 0 Å². The molecule has 2 atom stereocenters. The van der Waals surface area contributed by atoms with Crippen LogP contribution in [-0.4, -0.2) is 36.1 Å². The van der Waals surface area contributed by atoms with Gasteiger partial charge in [-0.25, -0.2) is 4.39 Å². The molecule has 1 aromatic rings. The van der Waals surface area contributed by atoms with Crippen LogP contribution in [0, 0.1) is 5.82 Å². The van der Waals surface area contributed by atoms with Crippen LogP contribution in [0.25, 0.3) is 0 Å². The third-order valence-corrected chi connectivity index (χ3v) is 3.23. The number of morpholine rings is 1. The lowest BCUT2D eigenvalue weighted by atomic mass is 10.1. The van der Waals surface area contributed by atoms with E-state index in [-0.39, 0.29) is 25.3 Å². The molecule has 21 heavy (non-hydrogen) atoms.